The third-order valence-electron chi connectivity index (χ3n) is 4.62. The lowest BCUT2D eigenvalue weighted by molar-refractivity contribution is 0.0761. The molecular formula is C17H24N4O2S. The van der Waals surface area contributed by atoms with Crippen LogP contribution < -0.4 is 0 Å². The van der Waals surface area contributed by atoms with Crippen LogP contribution in [-0.4, -0.2) is 52.0 Å². The molecule has 0 N–H and O–H groups in total. The Labute approximate surface area is 146 Å². The fourth-order valence-electron chi connectivity index (χ4n) is 3.22. The zero-order valence-corrected chi connectivity index (χ0v) is 15.3. The Bertz CT molecular complexity index is 696. The molecule has 24 heavy (non-hydrogen) atoms. The Morgan fingerprint density at radius 2 is 2.25 bits per heavy atom. The molecule has 3 heterocycles. The molecule has 1 saturated heterocycles. The summed E-state index contributed by atoms with van der Waals surface area (Å²) >= 11 is 1.54. The summed E-state index contributed by atoms with van der Waals surface area (Å²) in [5, 5.41) is 5.96. The second-order valence-electron chi connectivity index (χ2n) is 6.45. The van der Waals surface area contributed by atoms with Gasteiger partial charge >= 0.3 is 0 Å². The normalized spacial score (nSPS) is 18.8. The van der Waals surface area contributed by atoms with E-state index in [4.69, 9.17) is 4.52 Å². The molecule has 6 nitrogen and oxygen atoms in total. The van der Waals surface area contributed by atoms with Crippen LogP contribution in [0.2, 0.25) is 0 Å². The standard InChI is InChI=1S/C17H24N4O2S/c1-12-7-10-24-16(12)17(22)21-8-4-5-14(6-9-21)20(3)11-15-18-13(2)23-19-15/h7,10,14H,4-6,8-9,11H2,1-3H3/t14-/m1/s1. The van der Waals surface area contributed by atoms with Gasteiger partial charge in [0.1, 0.15) is 0 Å². The molecule has 1 aliphatic rings. The van der Waals surface area contributed by atoms with Gasteiger partial charge in [0.25, 0.3) is 5.91 Å². The summed E-state index contributed by atoms with van der Waals surface area (Å²) < 4.78 is 5.04. The minimum Gasteiger partial charge on any atom is -0.340 e. The number of likely N-dealkylation sites (tertiary alicyclic amines) is 1. The van der Waals surface area contributed by atoms with Gasteiger partial charge in [-0.25, -0.2) is 0 Å². The molecule has 1 fully saturated rings. The van der Waals surface area contributed by atoms with Gasteiger partial charge in [0.05, 0.1) is 11.4 Å². The van der Waals surface area contributed by atoms with Crippen molar-refractivity contribution in [2.24, 2.45) is 0 Å². The highest BCUT2D eigenvalue weighted by atomic mass is 32.1. The molecule has 0 unspecified atom stereocenters. The Balaban J connectivity index is 1.58. The van der Waals surface area contributed by atoms with Crippen molar-refractivity contribution in [3.05, 3.63) is 33.6 Å². The molecule has 0 saturated carbocycles. The van der Waals surface area contributed by atoms with Crippen LogP contribution in [0.15, 0.2) is 16.0 Å². The molecule has 7 heteroatoms. The van der Waals surface area contributed by atoms with Gasteiger partial charge in [-0.1, -0.05) is 5.16 Å². The number of hydrogen-bond acceptors (Lipinski definition) is 6. The van der Waals surface area contributed by atoms with Crippen molar-refractivity contribution in [3.63, 3.8) is 0 Å². The van der Waals surface area contributed by atoms with E-state index in [1.54, 1.807) is 18.3 Å². The number of rotatable bonds is 4. The predicted molar refractivity (Wildman–Crippen MR) is 93.1 cm³/mol. The second-order valence-corrected chi connectivity index (χ2v) is 7.37. The maximum absolute atomic E-state index is 12.7. The Hall–Kier alpha value is -1.73. The van der Waals surface area contributed by atoms with Gasteiger partial charge in [-0.05, 0) is 50.2 Å². The minimum atomic E-state index is 0.180. The van der Waals surface area contributed by atoms with Crippen LogP contribution in [-0.2, 0) is 6.54 Å². The van der Waals surface area contributed by atoms with E-state index in [2.05, 4.69) is 22.1 Å². The lowest BCUT2D eigenvalue weighted by Gasteiger charge is -2.26. The highest BCUT2D eigenvalue weighted by molar-refractivity contribution is 7.12. The largest absolute Gasteiger partial charge is 0.340 e. The number of hydrogen-bond donors (Lipinski definition) is 0. The van der Waals surface area contributed by atoms with E-state index in [1.165, 1.54) is 0 Å². The summed E-state index contributed by atoms with van der Waals surface area (Å²) in [6.45, 7) is 6.13. The van der Waals surface area contributed by atoms with Gasteiger partial charge in [0.2, 0.25) is 5.89 Å². The third kappa shape index (κ3) is 3.84. The van der Waals surface area contributed by atoms with Gasteiger partial charge < -0.3 is 9.42 Å². The van der Waals surface area contributed by atoms with E-state index >= 15 is 0 Å². The Morgan fingerprint density at radius 1 is 1.42 bits per heavy atom. The van der Waals surface area contributed by atoms with Crippen molar-refractivity contribution in [2.75, 3.05) is 20.1 Å². The van der Waals surface area contributed by atoms with Crippen LogP contribution in [0.1, 0.15) is 46.2 Å². The molecular weight excluding hydrogens is 324 g/mol. The first kappa shape index (κ1) is 17.1. The molecule has 3 rings (SSSR count). The molecule has 1 atom stereocenters. The zero-order valence-electron chi connectivity index (χ0n) is 14.5. The van der Waals surface area contributed by atoms with E-state index in [9.17, 15) is 4.79 Å². The number of thiophene rings is 1. The van der Waals surface area contributed by atoms with Crippen LogP contribution in [0.5, 0.6) is 0 Å². The van der Waals surface area contributed by atoms with E-state index in [0.717, 1.165) is 48.6 Å². The summed E-state index contributed by atoms with van der Waals surface area (Å²) in [6.07, 6.45) is 3.08. The number of carbonyl (C=O) groups is 1. The molecule has 2 aromatic rings. The third-order valence-corrected chi connectivity index (χ3v) is 5.63. The van der Waals surface area contributed by atoms with Crippen molar-refractivity contribution < 1.29 is 9.32 Å². The average molecular weight is 348 g/mol. The zero-order chi connectivity index (χ0) is 17.1. The van der Waals surface area contributed by atoms with Crippen LogP contribution in [0.4, 0.5) is 0 Å². The van der Waals surface area contributed by atoms with Gasteiger partial charge in [-0.2, -0.15) is 4.98 Å². The molecule has 0 spiro atoms. The molecule has 130 valence electrons. The van der Waals surface area contributed by atoms with E-state index in [0.29, 0.717) is 18.5 Å². The van der Waals surface area contributed by atoms with Crippen LogP contribution in [0.25, 0.3) is 0 Å². The SMILES string of the molecule is Cc1nc(CN(C)[C@@H]2CCCN(C(=O)c3sccc3C)CC2)no1. The first-order valence-electron chi connectivity index (χ1n) is 8.37. The van der Waals surface area contributed by atoms with Crippen molar-refractivity contribution in [2.45, 2.75) is 45.7 Å². The van der Waals surface area contributed by atoms with Crippen molar-refractivity contribution >= 4 is 17.2 Å². The molecule has 0 aromatic carbocycles. The maximum Gasteiger partial charge on any atom is 0.264 e. The number of carbonyl (C=O) groups excluding carboxylic acids is 1. The highest BCUT2D eigenvalue weighted by Gasteiger charge is 2.25. The van der Waals surface area contributed by atoms with E-state index in [-0.39, 0.29) is 5.91 Å². The van der Waals surface area contributed by atoms with Crippen molar-refractivity contribution in [1.82, 2.24) is 19.9 Å². The van der Waals surface area contributed by atoms with Crippen LogP contribution >= 0.6 is 11.3 Å². The van der Waals surface area contributed by atoms with Crippen molar-refractivity contribution in [3.8, 4) is 0 Å². The first-order chi connectivity index (χ1) is 11.5. The topological polar surface area (TPSA) is 62.5 Å². The van der Waals surface area contributed by atoms with Crippen molar-refractivity contribution in [1.29, 1.82) is 0 Å². The maximum atomic E-state index is 12.7. The lowest BCUT2D eigenvalue weighted by Crippen LogP contribution is -2.35. The Morgan fingerprint density at radius 3 is 2.92 bits per heavy atom. The number of aryl methyl sites for hydroxylation is 2. The fraction of sp³-hybridized carbons (Fsp3) is 0.588. The van der Waals surface area contributed by atoms with E-state index in [1.807, 2.05) is 23.3 Å². The first-order valence-corrected chi connectivity index (χ1v) is 9.25. The predicted octanol–water partition coefficient (Wildman–Crippen LogP) is 2.87. The molecule has 1 aliphatic heterocycles. The Kier molecular flexibility index (Phi) is 5.30. The quantitative estimate of drug-likeness (QED) is 0.850. The summed E-state index contributed by atoms with van der Waals surface area (Å²) in [5.74, 6) is 1.50. The monoisotopic (exact) mass is 348 g/mol. The van der Waals surface area contributed by atoms with Gasteiger partial charge in [0, 0.05) is 26.1 Å². The van der Waals surface area contributed by atoms with Crippen LogP contribution in [0.3, 0.4) is 0 Å². The van der Waals surface area contributed by atoms with Gasteiger partial charge in [-0.15, -0.1) is 11.3 Å². The fourth-order valence-corrected chi connectivity index (χ4v) is 4.11. The average Bonchev–Trinajstić information content (AvgIpc) is 3.07. The second kappa shape index (κ2) is 7.44. The van der Waals surface area contributed by atoms with Gasteiger partial charge in [-0.3, -0.25) is 9.69 Å². The van der Waals surface area contributed by atoms with E-state index < -0.39 is 0 Å². The molecule has 2 aromatic heterocycles. The molecule has 1 amide bonds. The summed E-state index contributed by atoms with van der Waals surface area (Å²) in [5.41, 5.74) is 1.08. The summed E-state index contributed by atoms with van der Waals surface area (Å²) in [7, 11) is 2.09. The summed E-state index contributed by atoms with van der Waals surface area (Å²) in [6, 6.07) is 2.45. The molecule has 0 bridgehead atoms. The van der Waals surface area contributed by atoms with Crippen LogP contribution in [0, 0.1) is 13.8 Å². The lowest BCUT2D eigenvalue weighted by atomic mass is 10.1. The number of aromatic nitrogens is 2. The number of nitrogens with zero attached hydrogens (tertiary/aromatic N) is 4. The molecule has 0 radical (unpaired) electrons. The number of amides is 1. The highest BCUT2D eigenvalue weighted by Crippen LogP contribution is 2.22. The van der Waals surface area contributed by atoms with Gasteiger partial charge in [0.15, 0.2) is 5.82 Å². The summed E-state index contributed by atoms with van der Waals surface area (Å²) in [4.78, 5) is 22.1. The smallest absolute Gasteiger partial charge is 0.264 e. The molecule has 0 aliphatic carbocycles. The minimum absolute atomic E-state index is 0.180.